The van der Waals surface area contributed by atoms with Crippen LogP contribution in [0.5, 0.6) is 17.2 Å². The van der Waals surface area contributed by atoms with Crippen LogP contribution in [0.2, 0.25) is 10.0 Å². The number of benzene rings is 3. The van der Waals surface area contributed by atoms with Gasteiger partial charge in [-0.15, -0.1) is 0 Å². The molecule has 226 valence electrons. The Kier molecular flexibility index (Phi) is 11.3. The lowest BCUT2D eigenvalue weighted by Gasteiger charge is -2.32. The molecule has 3 aromatic carbocycles. The number of rotatable bonds is 13. The molecule has 10 nitrogen and oxygen atoms in total. The quantitative estimate of drug-likeness (QED) is 0.287. The maximum atomic E-state index is 14.2. The lowest BCUT2D eigenvalue weighted by molar-refractivity contribution is -0.139. The third kappa shape index (κ3) is 7.58. The molecular weight excluding hydrogens is 605 g/mol. The molecule has 0 fully saturated rings. The number of ether oxygens (including phenoxy) is 3. The van der Waals surface area contributed by atoms with Crippen LogP contribution in [0.15, 0.2) is 65.6 Å². The minimum absolute atomic E-state index is 0.00534. The summed E-state index contributed by atoms with van der Waals surface area (Å²) in [6.45, 7) is 2.99. The predicted molar refractivity (Wildman–Crippen MR) is 162 cm³/mol. The number of likely N-dealkylation sites (N-methyl/N-ethyl adjacent to an activating group) is 1. The molecule has 2 amide bonds. The molecular formula is C29H33Cl2N3O7S. The number of nitrogens with one attached hydrogen (secondary N) is 1. The van der Waals surface area contributed by atoms with Crippen molar-refractivity contribution in [3.8, 4) is 17.2 Å². The van der Waals surface area contributed by atoms with Gasteiger partial charge in [-0.25, -0.2) is 8.42 Å². The summed E-state index contributed by atoms with van der Waals surface area (Å²) < 4.78 is 45.3. The lowest BCUT2D eigenvalue weighted by atomic mass is 10.1. The van der Waals surface area contributed by atoms with Crippen LogP contribution in [-0.4, -0.2) is 65.6 Å². The van der Waals surface area contributed by atoms with Crippen molar-refractivity contribution in [1.82, 2.24) is 10.2 Å². The average molecular weight is 639 g/mol. The lowest BCUT2D eigenvalue weighted by Crippen LogP contribution is -2.51. The zero-order chi connectivity index (χ0) is 31.0. The zero-order valence-corrected chi connectivity index (χ0v) is 26.2. The number of amides is 2. The number of halogens is 2. The Balaban J connectivity index is 2.15. The first-order valence-corrected chi connectivity index (χ1v) is 15.1. The summed E-state index contributed by atoms with van der Waals surface area (Å²) in [6.07, 6.45) is 0. The van der Waals surface area contributed by atoms with E-state index in [2.05, 4.69) is 5.32 Å². The number of nitrogens with zero attached hydrogens (tertiary/aromatic N) is 2. The van der Waals surface area contributed by atoms with E-state index in [0.717, 1.165) is 4.31 Å². The van der Waals surface area contributed by atoms with Crippen molar-refractivity contribution in [3.05, 3.63) is 76.3 Å². The third-order valence-electron chi connectivity index (χ3n) is 6.39. The second-order valence-electron chi connectivity index (χ2n) is 9.07. The second kappa shape index (κ2) is 14.5. The van der Waals surface area contributed by atoms with Gasteiger partial charge in [-0.1, -0.05) is 35.3 Å². The largest absolute Gasteiger partial charge is 0.495 e. The summed E-state index contributed by atoms with van der Waals surface area (Å²) >= 11 is 12.4. The Morgan fingerprint density at radius 1 is 0.881 bits per heavy atom. The van der Waals surface area contributed by atoms with Gasteiger partial charge >= 0.3 is 0 Å². The van der Waals surface area contributed by atoms with E-state index < -0.39 is 34.4 Å². The second-order valence-corrected chi connectivity index (χ2v) is 11.8. The first-order chi connectivity index (χ1) is 20.0. The minimum atomic E-state index is -4.44. The van der Waals surface area contributed by atoms with Crippen LogP contribution < -0.4 is 23.8 Å². The number of anilines is 1. The Bertz CT molecular complexity index is 1540. The molecule has 3 rings (SSSR count). The molecule has 1 unspecified atom stereocenters. The molecule has 0 saturated heterocycles. The van der Waals surface area contributed by atoms with E-state index in [1.54, 1.807) is 38.1 Å². The topological polar surface area (TPSA) is 114 Å². The third-order valence-corrected chi connectivity index (χ3v) is 8.62. The molecule has 13 heteroatoms. The van der Waals surface area contributed by atoms with E-state index in [1.165, 1.54) is 62.6 Å². The fourth-order valence-electron chi connectivity index (χ4n) is 4.21. The van der Waals surface area contributed by atoms with Gasteiger partial charge < -0.3 is 24.4 Å². The molecule has 0 aliphatic rings. The molecule has 0 heterocycles. The number of sulfonamides is 1. The number of hydrogen-bond donors (Lipinski definition) is 1. The number of hydrogen-bond acceptors (Lipinski definition) is 7. The monoisotopic (exact) mass is 637 g/mol. The number of methoxy groups -OCH3 is 3. The predicted octanol–water partition coefficient (Wildman–Crippen LogP) is 4.77. The van der Waals surface area contributed by atoms with Gasteiger partial charge in [-0.2, -0.15) is 0 Å². The van der Waals surface area contributed by atoms with Gasteiger partial charge in [-0.05, 0) is 61.9 Å². The summed E-state index contributed by atoms with van der Waals surface area (Å²) in [4.78, 5) is 28.0. The molecule has 0 bridgehead atoms. The molecule has 0 aromatic heterocycles. The van der Waals surface area contributed by atoms with Crippen LogP contribution in [0.4, 0.5) is 5.69 Å². The molecule has 0 spiro atoms. The standard InChI is InChI=1S/C29H33Cl2N3O7S/c1-6-32-29(36)19(2)33(17-20-8-7-9-21(30)14-20)28(35)18-34(24-15-22(31)10-12-25(24)39-3)42(37,38)23-11-13-26(40-4)27(16-23)41-5/h7-16,19H,6,17-18H2,1-5H3,(H,32,36). The van der Waals surface area contributed by atoms with Crippen molar-refractivity contribution in [2.24, 2.45) is 0 Å². The molecule has 0 radical (unpaired) electrons. The summed E-state index contributed by atoms with van der Waals surface area (Å²) in [5.41, 5.74) is 0.683. The minimum Gasteiger partial charge on any atom is -0.495 e. The van der Waals surface area contributed by atoms with Crippen molar-refractivity contribution < 1.29 is 32.2 Å². The van der Waals surface area contributed by atoms with Gasteiger partial charge in [0.05, 0.1) is 31.9 Å². The van der Waals surface area contributed by atoms with Gasteiger partial charge in [0.25, 0.3) is 10.0 Å². The smallest absolute Gasteiger partial charge is 0.265 e. The summed E-state index contributed by atoms with van der Waals surface area (Å²) in [5.74, 6) is -0.394. The Hall–Kier alpha value is -3.67. The molecule has 3 aromatic rings. The first kappa shape index (κ1) is 32.8. The van der Waals surface area contributed by atoms with E-state index in [4.69, 9.17) is 37.4 Å². The molecule has 0 aliphatic heterocycles. The van der Waals surface area contributed by atoms with Crippen LogP contribution in [0.3, 0.4) is 0 Å². The maximum Gasteiger partial charge on any atom is 0.265 e. The molecule has 1 N–H and O–H groups in total. The summed E-state index contributed by atoms with van der Waals surface area (Å²) in [6, 6.07) is 14.4. The SMILES string of the molecule is CCNC(=O)C(C)N(Cc1cccc(Cl)c1)C(=O)CN(c1cc(Cl)ccc1OC)S(=O)(=O)c1ccc(OC)c(OC)c1. The summed E-state index contributed by atoms with van der Waals surface area (Å²) in [7, 11) is -0.252. The maximum absolute atomic E-state index is 14.2. The van der Waals surface area contributed by atoms with Crippen LogP contribution in [0.25, 0.3) is 0 Å². The Morgan fingerprint density at radius 2 is 1.52 bits per heavy atom. The molecule has 0 saturated carbocycles. The zero-order valence-electron chi connectivity index (χ0n) is 23.9. The van der Waals surface area contributed by atoms with Crippen molar-refractivity contribution in [1.29, 1.82) is 0 Å². The van der Waals surface area contributed by atoms with Gasteiger partial charge in [0.1, 0.15) is 18.3 Å². The van der Waals surface area contributed by atoms with Gasteiger partial charge in [0, 0.05) is 29.2 Å². The van der Waals surface area contributed by atoms with Crippen LogP contribution in [-0.2, 0) is 26.2 Å². The fraction of sp³-hybridized carbons (Fsp3) is 0.310. The van der Waals surface area contributed by atoms with E-state index in [0.29, 0.717) is 22.9 Å². The van der Waals surface area contributed by atoms with E-state index in [1.807, 2.05) is 0 Å². The van der Waals surface area contributed by atoms with E-state index in [9.17, 15) is 18.0 Å². The van der Waals surface area contributed by atoms with Crippen LogP contribution in [0.1, 0.15) is 19.4 Å². The number of carbonyl (C=O) groups excluding carboxylic acids is 2. The van der Waals surface area contributed by atoms with E-state index in [-0.39, 0.29) is 33.6 Å². The van der Waals surface area contributed by atoms with Crippen LogP contribution in [0, 0.1) is 0 Å². The highest BCUT2D eigenvalue weighted by Crippen LogP contribution is 2.37. The Morgan fingerprint density at radius 3 is 2.14 bits per heavy atom. The van der Waals surface area contributed by atoms with Crippen molar-refractivity contribution in [2.75, 3.05) is 38.7 Å². The Labute approximate surface area is 256 Å². The normalized spacial score (nSPS) is 11.8. The first-order valence-electron chi connectivity index (χ1n) is 12.9. The van der Waals surface area contributed by atoms with Crippen molar-refractivity contribution in [2.45, 2.75) is 31.3 Å². The fourth-order valence-corrected chi connectivity index (χ4v) is 6.02. The highest BCUT2D eigenvalue weighted by Gasteiger charge is 2.34. The van der Waals surface area contributed by atoms with Crippen molar-refractivity contribution in [3.63, 3.8) is 0 Å². The highest BCUT2D eigenvalue weighted by atomic mass is 35.5. The van der Waals surface area contributed by atoms with Crippen LogP contribution >= 0.6 is 23.2 Å². The van der Waals surface area contributed by atoms with Gasteiger partial charge in [0.2, 0.25) is 11.8 Å². The van der Waals surface area contributed by atoms with Gasteiger partial charge in [0.15, 0.2) is 11.5 Å². The highest BCUT2D eigenvalue weighted by molar-refractivity contribution is 7.92. The van der Waals surface area contributed by atoms with Gasteiger partial charge in [-0.3, -0.25) is 13.9 Å². The van der Waals surface area contributed by atoms with E-state index >= 15 is 0 Å². The number of carbonyl (C=O) groups is 2. The average Bonchev–Trinajstić information content (AvgIpc) is 2.97. The summed E-state index contributed by atoms with van der Waals surface area (Å²) in [5, 5.41) is 3.38. The molecule has 0 aliphatic carbocycles. The molecule has 42 heavy (non-hydrogen) atoms. The van der Waals surface area contributed by atoms with Crippen molar-refractivity contribution >= 4 is 50.7 Å². The molecule has 1 atom stereocenters.